The molecule has 0 saturated heterocycles. The second-order valence-electron chi connectivity index (χ2n) is 8.65. The van der Waals surface area contributed by atoms with E-state index in [9.17, 15) is 4.79 Å². The molecule has 3 aromatic carbocycles. The molecular weight excluding hydrogens is 456 g/mol. The molecule has 3 nitrogen and oxygen atoms in total. The minimum Gasteiger partial charge on any atom is -0.316 e. The zero-order chi connectivity index (χ0) is 22.9. The number of rotatable bonds is 5. The molecule has 168 valence electrons. The van der Waals surface area contributed by atoms with Crippen molar-refractivity contribution in [3.8, 4) is 10.6 Å². The zero-order valence-electron chi connectivity index (χ0n) is 18.7. The van der Waals surface area contributed by atoms with Gasteiger partial charge in [-0.15, -0.1) is 22.7 Å². The standard InChI is InChI=1S/C29H24N2OS2/c32-27(25(19-11-3-1-4-12-19)20-13-5-2-6-14-20)31-29-26(21-15-7-9-17-23(21)33-29)28-30-22-16-8-10-18-24(22)34-28/h1-6,8,10-14,16,18,25H,7,9,15,17H2,(H,31,32). The molecule has 0 atom stereocenters. The Labute approximate surface area is 207 Å². The summed E-state index contributed by atoms with van der Waals surface area (Å²) in [6, 6.07) is 28.4. The summed E-state index contributed by atoms with van der Waals surface area (Å²) in [5.74, 6) is -0.372. The molecule has 2 aromatic heterocycles. The summed E-state index contributed by atoms with van der Waals surface area (Å²) < 4.78 is 1.18. The number of carbonyl (C=O) groups is 1. The van der Waals surface area contributed by atoms with E-state index in [1.165, 1.54) is 28.0 Å². The number of amides is 1. The second-order valence-corrected chi connectivity index (χ2v) is 10.8. The van der Waals surface area contributed by atoms with Gasteiger partial charge in [0.15, 0.2) is 0 Å². The summed E-state index contributed by atoms with van der Waals surface area (Å²) in [4.78, 5) is 20.2. The lowest BCUT2D eigenvalue weighted by atomic mass is 9.90. The van der Waals surface area contributed by atoms with Gasteiger partial charge in [-0.3, -0.25) is 4.79 Å². The van der Waals surface area contributed by atoms with Crippen LogP contribution in [0.1, 0.15) is 40.3 Å². The number of hydrogen-bond acceptors (Lipinski definition) is 4. The number of anilines is 1. The summed E-state index contributed by atoms with van der Waals surface area (Å²) in [7, 11) is 0. The van der Waals surface area contributed by atoms with Gasteiger partial charge < -0.3 is 5.32 Å². The van der Waals surface area contributed by atoms with Gasteiger partial charge in [0.2, 0.25) is 5.91 Å². The molecule has 1 N–H and O–H groups in total. The first-order valence-corrected chi connectivity index (χ1v) is 13.3. The number of thiazole rings is 1. The van der Waals surface area contributed by atoms with E-state index in [0.717, 1.165) is 45.1 Å². The van der Waals surface area contributed by atoms with E-state index in [2.05, 4.69) is 23.5 Å². The Bertz CT molecular complexity index is 1380. The second kappa shape index (κ2) is 9.16. The van der Waals surface area contributed by atoms with Crippen molar-refractivity contribution in [3.05, 3.63) is 106 Å². The largest absolute Gasteiger partial charge is 0.316 e. The number of carbonyl (C=O) groups excluding carboxylic acids is 1. The van der Waals surface area contributed by atoms with Gasteiger partial charge in [0.05, 0.1) is 16.1 Å². The minimum absolute atomic E-state index is 0.00152. The van der Waals surface area contributed by atoms with Gasteiger partial charge >= 0.3 is 0 Å². The maximum Gasteiger partial charge on any atom is 0.237 e. The monoisotopic (exact) mass is 480 g/mol. The summed E-state index contributed by atoms with van der Waals surface area (Å²) >= 11 is 3.45. The van der Waals surface area contributed by atoms with Crippen LogP contribution >= 0.6 is 22.7 Å². The lowest BCUT2D eigenvalue weighted by molar-refractivity contribution is -0.116. The maximum absolute atomic E-state index is 13.9. The van der Waals surface area contributed by atoms with Crippen LogP contribution in [0.5, 0.6) is 0 Å². The molecule has 2 heterocycles. The highest BCUT2D eigenvalue weighted by atomic mass is 32.1. The Hall–Kier alpha value is -3.28. The van der Waals surface area contributed by atoms with E-state index in [1.807, 2.05) is 66.7 Å². The summed E-state index contributed by atoms with van der Waals surface area (Å²) in [5.41, 5.74) is 5.51. The van der Waals surface area contributed by atoms with Crippen LogP contribution in [0, 0.1) is 0 Å². The Morgan fingerprint density at radius 1 is 0.794 bits per heavy atom. The predicted octanol–water partition coefficient (Wildman–Crippen LogP) is 7.67. The quantitative estimate of drug-likeness (QED) is 0.280. The van der Waals surface area contributed by atoms with Crippen LogP contribution in [0.4, 0.5) is 5.00 Å². The van der Waals surface area contributed by atoms with Crippen LogP contribution in [0.25, 0.3) is 20.8 Å². The van der Waals surface area contributed by atoms with Gasteiger partial charge in [0.25, 0.3) is 0 Å². The fourth-order valence-corrected chi connectivity index (χ4v) is 7.23. The molecular formula is C29H24N2OS2. The Morgan fingerprint density at radius 3 is 2.15 bits per heavy atom. The third-order valence-corrected chi connectivity index (χ3v) is 8.70. The first-order chi connectivity index (χ1) is 16.8. The van der Waals surface area contributed by atoms with Crippen molar-refractivity contribution in [3.63, 3.8) is 0 Å². The molecule has 5 heteroatoms. The molecule has 0 unspecified atom stereocenters. The number of benzene rings is 3. The highest BCUT2D eigenvalue weighted by molar-refractivity contribution is 7.22. The van der Waals surface area contributed by atoms with Crippen LogP contribution in [0.3, 0.4) is 0 Å². The molecule has 1 amide bonds. The molecule has 0 bridgehead atoms. The van der Waals surface area contributed by atoms with Crippen LogP contribution in [0.15, 0.2) is 84.9 Å². The van der Waals surface area contributed by atoms with Crippen molar-refractivity contribution in [2.24, 2.45) is 0 Å². The van der Waals surface area contributed by atoms with Crippen molar-refractivity contribution >= 4 is 43.8 Å². The van der Waals surface area contributed by atoms with E-state index in [-0.39, 0.29) is 11.8 Å². The maximum atomic E-state index is 13.9. The van der Waals surface area contributed by atoms with Gasteiger partial charge in [0.1, 0.15) is 10.0 Å². The number of aromatic nitrogens is 1. The van der Waals surface area contributed by atoms with Crippen LogP contribution < -0.4 is 5.32 Å². The Morgan fingerprint density at radius 2 is 1.44 bits per heavy atom. The SMILES string of the molecule is O=C(Nc1sc2c(c1-c1nc3ccccc3s1)CCCC2)C(c1ccccc1)c1ccccc1. The van der Waals surface area contributed by atoms with Crippen LogP contribution in [0.2, 0.25) is 0 Å². The normalized spacial score (nSPS) is 13.2. The molecule has 1 aliphatic rings. The van der Waals surface area contributed by atoms with Gasteiger partial charge in [-0.2, -0.15) is 0 Å². The summed E-state index contributed by atoms with van der Waals surface area (Å²) in [6.07, 6.45) is 4.52. The van der Waals surface area contributed by atoms with Gasteiger partial charge in [-0.05, 0) is 54.5 Å². The first kappa shape index (κ1) is 21.3. The highest BCUT2D eigenvalue weighted by Gasteiger charge is 2.28. The highest BCUT2D eigenvalue weighted by Crippen LogP contribution is 2.46. The Balaban J connectivity index is 1.43. The van der Waals surface area contributed by atoms with Gasteiger partial charge in [0, 0.05) is 10.4 Å². The number of aryl methyl sites for hydroxylation is 1. The van der Waals surface area contributed by atoms with Crippen molar-refractivity contribution in [2.45, 2.75) is 31.6 Å². The van der Waals surface area contributed by atoms with Crippen molar-refractivity contribution < 1.29 is 4.79 Å². The molecule has 5 aromatic rings. The molecule has 34 heavy (non-hydrogen) atoms. The first-order valence-electron chi connectivity index (χ1n) is 11.7. The summed E-state index contributed by atoms with van der Waals surface area (Å²) in [5, 5.41) is 5.30. The number of thiophene rings is 1. The number of nitrogens with zero attached hydrogens (tertiary/aromatic N) is 1. The Kier molecular flexibility index (Phi) is 5.73. The van der Waals surface area contributed by atoms with E-state index in [0.29, 0.717) is 0 Å². The van der Waals surface area contributed by atoms with Crippen molar-refractivity contribution in [1.82, 2.24) is 4.98 Å². The molecule has 0 spiro atoms. The van der Waals surface area contributed by atoms with Crippen LogP contribution in [-0.4, -0.2) is 10.9 Å². The lowest BCUT2D eigenvalue weighted by Gasteiger charge is -2.18. The number of nitrogens with one attached hydrogen (secondary N) is 1. The van der Waals surface area contributed by atoms with Crippen molar-refractivity contribution in [1.29, 1.82) is 0 Å². The molecule has 0 aliphatic heterocycles. The number of para-hydroxylation sites is 1. The minimum atomic E-state index is -0.371. The zero-order valence-corrected chi connectivity index (χ0v) is 20.3. The fourth-order valence-electron chi connectivity index (χ4n) is 4.83. The molecule has 1 aliphatic carbocycles. The van der Waals surface area contributed by atoms with E-state index in [4.69, 9.17) is 4.98 Å². The van der Waals surface area contributed by atoms with E-state index >= 15 is 0 Å². The average molecular weight is 481 g/mol. The molecule has 0 saturated carbocycles. The average Bonchev–Trinajstić information content (AvgIpc) is 3.46. The molecule has 0 radical (unpaired) electrons. The molecule has 0 fully saturated rings. The lowest BCUT2D eigenvalue weighted by Crippen LogP contribution is -2.22. The third kappa shape index (κ3) is 3.95. The fraction of sp³-hybridized carbons (Fsp3) is 0.172. The molecule has 6 rings (SSSR count). The van der Waals surface area contributed by atoms with Gasteiger partial charge in [-0.1, -0.05) is 72.8 Å². The number of fused-ring (bicyclic) bond motifs is 2. The number of hydrogen-bond donors (Lipinski definition) is 1. The van der Waals surface area contributed by atoms with E-state index < -0.39 is 0 Å². The van der Waals surface area contributed by atoms with E-state index in [1.54, 1.807) is 22.7 Å². The third-order valence-electron chi connectivity index (χ3n) is 6.44. The van der Waals surface area contributed by atoms with Crippen LogP contribution in [-0.2, 0) is 17.6 Å². The smallest absolute Gasteiger partial charge is 0.237 e. The summed E-state index contributed by atoms with van der Waals surface area (Å²) in [6.45, 7) is 0. The van der Waals surface area contributed by atoms with Gasteiger partial charge in [-0.25, -0.2) is 4.98 Å². The topological polar surface area (TPSA) is 42.0 Å². The van der Waals surface area contributed by atoms with Crippen molar-refractivity contribution in [2.75, 3.05) is 5.32 Å². The predicted molar refractivity (Wildman–Crippen MR) is 143 cm³/mol.